The van der Waals surface area contributed by atoms with E-state index in [2.05, 4.69) is 35.1 Å². The molecule has 0 aromatic carbocycles. The van der Waals surface area contributed by atoms with Crippen molar-refractivity contribution < 1.29 is 4.79 Å². The lowest BCUT2D eigenvalue weighted by Gasteiger charge is -2.29. The van der Waals surface area contributed by atoms with Crippen molar-refractivity contribution in [3.63, 3.8) is 0 Å². The Morgan fingerprint density at radius 2 is 2.04 bits per heavy atom. The monoisotopic (exact) mass is 397 g/mol. The standard InChI is InChI=1S/C21H23N3OS2/c1-14-15(2)27-21(23-20(25)17-8-6-12-26-17)18(14)19(24-10-3-4-11-24)16-7-5-9-22-13-16/h5-9,12-13,19H,3-4,10-11H2,1-2H3,(H,23,25)/t19-/m0/s1. The summed E-state index contributed by atoms with van der Waals surface area (Å²) in [5.41, 5.74) is 3.67. The predicted molar refractivity (Wildman–Crippen MR) is 113 cm³/mol. The first-order valence-electron chi connectivity index (χ1n) is 9.24. The average Bonchev–Trinajstić information content (AvgIpc) is 3.42. The summed E-state index contributed by atoms with van der Waals surface area (Å²) < 4.78 is 0. The van der Waals surface area contributed by atoms with Gasteiger partial charge in [0.25, 0.3) is 5.91 Å². The Kier molecular flexibility index (Phi) is 5.38. The smallest absolute Gasteiger partial charge is 0.266 e. The number of likely N-dealkylation sites (tertiary alicyclic amines) is 1. The van der Waals surface area contributed by atoms with Gasteiger partial charge >= 0.3 is 0 Å². The van der Waals surface area contributed by atoms with E-state index in [-0.39, 0.29) is 11.9 Å². The molecule has 6 heteroatoms. The van der Waals surface area contributed by atoms with Gasteiger partial charge in [0.15, 0.2) is 0 Å². The Morgan fingerprint density at radius 1 is 1.22 bits per heavy atom. The van der Waals surface area contributed by atoms with E-state index in [4.69, 9.17) is 0 Å². The Morgan fingerprint density at radius 3 is 2.70 bits per heavy atom. The molecule has 4 heterocycles. The maximum absolute atomic E-state index is 12.7. The molecule has 4 nitrogen and oxygen atoms in total. The van der Waals surface area contributed by atoms with E-state index in [9.17, 15) is 4.79 Å². The van der Waals surface area contributed by atoms with Crippen molar-refractivity contribution in [2.24, 2.45) is 0 Å². The maximum Gasteiger partial charge on any atom is 0.266 e. The molecule has 140 valence electrons. The molecule has 1 aliphatic rings. The number of rotatable bonds is 5. The molecule has 0 spiro atoms. The molecular weight excluding hydrogens is 374 g/mol. The fourth-order valence-electron chi connectivity index (χ4n) is 3.74. The van der Waals surface area contributed by atoms with Crippen LogP contribution in [0.15, 0.2) is 42.0 Å². The van der Waals surface area contributed by atoms with Crippen LogP contribution in [-0.2, 0) is 0 Å². The Balaban J connectivity index is 1.76. The number of hydrogen-bond donors (Lipinski definition) is 1. The van der Waals surface area contributed by atoms with E-state index in [1.807, 2.05) is 36.0 Å². The van der Waals surface area contributed by atoms with E-state index in [0.29, 0.717) is 0 Å². The molecule has 1 aliphatic heterocycles. The molecule has 27 heavy (non-hydrogen) atoms. The van der Waals surface area contributed by atoms with Crippen LogP contribution >= 0.6 is 22.7 Å². The number of amides is 1. The molecule has 0 bridgehead atoms. The normalized spacial score (nSPS) is 15.8. The Bertz CT molecular complexity index is 913. The van der Waals surface area contributed by atoms with Crippen LogP contribution in [0.1, 0.15) is 50.1 Å². The SMILES string of the molecule is Cc1sc(NC(=O)c2cccs2)c([C@H](c2cccnc2)N2CCCC2)c1C. The summed E-state index contributed by atoms with van der Waals surface area (Å²) in [5, 5.41) is 6.09. The highest BCUT2D eigenvalue weighted by Gasteiger charge is 2.31. The van der Waals surface area contributed by atoms with Gasteiger partial charge in [0.1, 0.15) is 5.00 Å². The van der Waals surface area contributed by atoms with Crippen molar-refractivity contribution in [3.05, 3.63) is 68.5 Å². The number of nitrogens with one attached hydrogen (secondary N) is 1. The molecule has 1 N–H and O–H groups in total. The van der Waals surface area contributed by atoms with Gasteiger partial charge in [-0.25, -0.2) is 0 Å². The van der Waals surface area contributed by atoms with Crippen molar-refractivity contribution in [2.75, 3.05) is 18.4 Å². The number of carbonyl (C=O) groups excluding carboxylic acids is 1. The van der Waals surface area contributed by atoms with Gasteiger partial charge in [-0.1, -0.05) is 12.1 Å². The van der Waals surface area contributed by atoms with E-state index >= 15 is 0 Å². The molecule has 3 aromatic rings. The van der Waals surface area contributed by atoms with E-state index in [0.717, 1.165) is 23.0 Å². The largest absolute Gasteiger partial charge is 0.313 e. The van der Waals surface area contributed by atoms with Crippen LogP contribution in [0.25, 0.3) is 0 Å². The minimum Gasteiger partial charge on any atom is -0.313 e. The predicted octanol–water partition coefficient (Wildman–Crippen LogP) is 5.26. The summed E-state index contributed by atoms with van der Waals surface area (Å²) >= 11 is 3.14. The van der Waals surface area contributed by atoms with Crippen LogP contribution in [0.3, 0.4) is 0 Å². The Labute approximate surface area is 167 Å². The van der Waals surface area contributed by atoms with E-state index < -0.39 is 0 Å². The first-order chi connectivity index (χ1) is 13.1. The van der Waals surface area contributed by atoms with Gasteiger partial charge in [-0.2, -0.15) is 0 Å². The third kappa shape index (κ3) is 3.70. The van der Waals surface area contributed by atoms with Gasteiger partial charge in [-0.15, -0.1) is 22.7 Å². The molecule has 1 atom stereocenters. The average molecular weight is 398 g/mol. The zero-order chi connectivity index (χ0) is 18.8. The van der Waals surface area contributed by atoms with Gasteiger partial charge < -0.3 is 5.32 Å². The second kappa shape index (κ2) is 7.92. The van der Waals surface area contributed by atoms with Crippen molar-refractivity contribution >= 4 is 33.6 Å². The van der Waals surface area contributed by atoms with Crippen molar-refractivity contribution in [2.45, 2.75) is 32.7 Å². The fourth-order valence-corrected chi connectivity index (χ4v) is 5.44. The van der Waals surface area contributed by atoms with Crippen LogP contribution in [0.4, 0.5) is 5.00 Å². The van der Waals surface area contributed by atoms with Crippen LogP contribution in [-0.4, -0.2) is 28.9 Å². The highest BCUT2D eigenvalue weighted by molar-refractivity contribution is 7.17. The lowest BCUT2D eigenvalue weighted by Crippen LogP contribution is -2.28. The van der Waals surface area contributed by atoms with Crippen molar-refractivity contribution in [1.29, 1.82) is 0 Å². The molecule has 1 fully saturated rings. The van der Waals surface area contributed by atoms with E-state index in [1.54, 1.807) is 11.3 Å². The van der Waals surface area contributed by atoms with Gasteiger partial charge in [0, 0.05) is 22.8 Å². The highest BCUT2D eigenvalue weighted by Crippen LogP contribution is 2.43. The molecule has 3 aromatic heterocycles. The van der Waals surface area contributed by atoms with Gasteiger partial charge in [0.05, 0.1) is 10.9 Å². The minimum atomic E-state index is -0.0288. The summed E-state index contributed by atoms with van der Waals surface area (Å²) in [4.78, 5) is 21.6. The van der Waals surface area contributed by atoms with Crippen LogP contribution in [0.5, 0.6) is 0 Å². The first kappa shape index (κ1) is 18.3. The highest BCUT2D eigenvalue weighted by atomic mass is 32.1. The number of aryl methyl sites for hydroxylation is 1. The molecule has 0 saturated carbocycles. The summed E-state index contributed by atoms with van der Waals surface area (Å²) in [7, 11) is 0. The third-order valence-corrected chi connectivity index (χ3v) is 7.19. The summed E-state index contributed by atoms with van der Waals surface area (Å²) in [6.07, 6.45) is 6.21. The van der Waals surface area contributed by atoms with Crippen LogP contribution < -0.4 is 5.32 Å². The Hall–Kier alpha value is -2.02. The van der Waals surface area contributed by atoms with Crippen LogP contribution in [0, 0.1) is 13.8 Å². The summed E-state index contributed by atoms with van der Waals surface area (Å²) in [6, 6.07) is 8.05. The van der Waals surface area contributed by atoms with Gasteiger partial charge in [-0.05, 0) is 68.4 Å². The number of nitrogens with zero attached hydrogens (tertiary/aromatic N) is 2. The second-order valence-electron chi connectivity index (χ2n) is 6.89. The fraction of sp³-hybridized carbons (Fsp3) is 0.333. The minimum absolute atomic E-state index is 0.0288. The topological polar surface area (TPSA) is 45.2 Å². The lowest BCUT2D eigenvalue weighted by molar-refractivity contribution is 0.103. The first-order valence-corrected chi connectivity index (χ1v) is 10.9. The second-order valence-corrected chi connectivity index (χ2v) is 9.06. The molecule has 1 saturated heterocycles. The molecule has 1 amide bonds. The summed E-state index contributed by atoms with van der Waals surface area (Å²) in [6.45, 7) is 6.45. The maximum atomic E-state index is 12.7. The number of pyridine rings is 1. The van der Waals surface area contributed by atoms with Gasteiger partial charge in [0.2, 0.25) is 0 Å². The quantitative estimate of drug-likeness (QED) is 0.639. The number of anilines is 1. The lowest BCUT2D eigenvalue weighted by atomic mass is 9.96. The molecule has 4 rings (SSSR count). The molecule has 0 radical (unpaired) electrons. The zero-order valence-corrected chi connectivity index (χ0v) is 17.2. The molecule has 0 unspecified atom stereocenters. The molecular formula is C21H23N3OS2. The van der Waals surface area contributed by atoms with Crippen molar-refractivity contribution in [3.8, 4) is 0 Å². The van der Waals surface area contributed by atoms with Crippen LogP contribution in [0.2, 0.25) is 0 Å². The van der Waals surface area contributed by atoms with Gasteiger partial charge in [-0.3, -0.25) is 14.7 Å². The van der Waals surface area contributed by atoms with Crippen molar-refractivity contribution in [1.82, 2.24) is 9.88 Å². The summed E-state index contributed by atoms with van der Waals surface area (Å²) in [5.74, 6) is -0.0288. The number of thiophene rings is 2. The number of carbonyl (C=O) groups is 1. The number of aromatic nitrogens is 1. The molecule has 0 aliphatic carbocycles. The third-order valence-electron chi connectivity index (χ3n) is 5.18. The van der Waals surface area contributed by atoms with E-state index in [1.165, 1.54) is 45.7 Å². The number of hydrogen-bond acceptors (Lipinski definition) is 5. The zero-order valence-electron chi connectivity index (χ0n) is 15.6.